The van der Waals surface area contributed by atoms with E-state index in [2.05, 4.69) is 39.3 Å². The summed E-state index contributed by atoms with van der Waals surface area (Å²) in [5.41, 5.74) is 8.66. The molecule has 1 amide bonds. The minimum atomic E-state index is -1.42. The number of benzene rings is 1. The molecule has 1 unspecified atom stereocenters. The lowest BCUT2D eigenvalue weighted by Crippen LogP contribution is -2.33. The largest absolute Gasteiger partial charge is 0.490 e. The lowest BCUT2D eigenvalue weighted by molar-refractivity contribution is -0.127. The van der Waals surface area contributed by atoms with Crippen molar-refractivity contribution in [1.29, 1.82) is 0 Å². The van der Waals surface area contributed by atoms with Crippen LogP contribution in [0.1, 0.15) is 37.1 Å². The highest BCUT2D eigenvalue weighted by atomic mass is 16.5. The van der Waals surface area contributed by atoms with Crippen LogP contribution in [0, 0.1) is 26.7 Å². The van der Waals surface area contributed by atoms with Crippen molar-refractivity contribution in [2.45, 2.75) is 53.2 Å². The Balaban J connectivity index is 1.76. The third-order valence-corrected chi connectivity index (χ3v) is 5.13. The van der Waals surface area contributed by atoms with Crippen molar-refractivity contribution in [1.82, 2.24) is 20.1 Å². The second-order valence-corrected chi connectivity index (χ2v) is 8.97. The van der Waals surface area contributed by atoms with Crippen LogP contribution in [-0.2, 0) is 4.79 Å². The third kappa shape index (κ3) is 6.96. The Labute approximate surface area is 203 Å². The van der Waals surface area contributed by atoms with Gasteiger partial charge in [0.2, 0.25) is 17.7 Å². The minimum absolute atomic E-state index is 0.0992. The van der Waals surface area contributed by atoms with Crippen LogP contribution >= 0.6 is 0 Å². The quantitative estimate of drug-likeness (QED) is 0.316. The smallest absolute Gasteiger partial charge is 0.277 e. The van der Waals surface area contributed by atoms with Gasteiger partial charge in [-0.2, -0.15) is 4.98 Å². The number of aromatic nitrogens is 4. The molecule has 0 aliphatic rings. The van der Waals surface area contributed by atoms with E-state index >= 15 is 0 Å². The highest BCUT2D eigenvalue weighted by Gasteiger charge is 2.19. The molecule has 2 atom stereocenters. The van der Waals surface area contributed by atoms with Gasteiger partial charge < -0.3 is 30.5 Å². The first-order valence-electron chi connectivity index (χ1n) is 11.4. The molecule has 0 saturated carbocycles. The number of aliphatic hydroxyl groups is 2. The van der Waals surface area contributed by atoms with Gasteiger partial charge in [0.1, 0.15) is 24.2 Å². The SMILES string of the molecule is Cc1cc(-c2nc(-c3cc(C)c(OC[C@@H](O)CC(O)C(N)=O)c(C)c3)no2)nc(NCC(C)C)n1. The highest BCUT2D eigenvalue weighted by molar-refractivity contribution is 5.78. The first-order valence-corrected chi connectivity index (χ1v) is 11.4. The number of carbonyl (C=O) groups is 1. The Morgan fingerprint density at radius 1 is 1.11 bits per heavy atom. The van der Waals surface area contributed by atoms with Crippen LogP contribution in [0.15, 0.2) is 22.7 Å². The lowest BCUT2D eigenvalue weighted by Gasteiger charge is -2.17. The number of amides is 1. The molecule has 2 aromatic heterocycles. The van der Waals surface area contributed by atoms with Gasteiger partial charge in [-0.1, -0.05) is 19.0 Å². The van der Waals surface area contributed by atoms with Crippen LogP contribution in [-0.4, -0.2) is 61.6 Å². The number of ether oxygens (including phenoxy) is 1. The molecule has 3 aromatic rings. The molecule has 0 saturated heterocycles. The molecule has 0 fully saturated rings. The number of primary amides is 1. The maximum absolute atomic E-state index is 11.0. The summed E-state index contributed by atoms with van der Waals surface area (Å²) in [4.78, 5) is 24.4. The van der Waals surface area contributed by atoms with Gasteiger partial charge in [0.15, 0.2) is 0 Å². The molecule has 0 aliphatic carbocycles. The van der Waals surface area contributed by atoms with Gasteiger partial charge in [0.25, 0.3) is 5.89 Å². The molecule has 11 heteroatoms. The van der Waals surface area contributed by atoms with E-state index in [1.807, 2.05) is 32.9 Å². The van der Waals surface area contributed by atoms with Crippen LogP contribution in [0.4, 0.5) is 5.95 Å². The van der Waals surface area contributed by atoms with Crippen LogP contribution in [0.5, 0.6) is 5.75 Å². The predicted molar refractivity (Wildman–Crippen MR) is 130 cm³/mol. The molecule has 3 rings (SSSR count). The highest BCUT2D eigenvalue weighted by Crippen LogP contribution is 2.30. The number of rotatable bonds is 11. The van der Waals surface area contributed by atoms with E-state index in [9.17, 15) is 15.0 Å². The number of aryl methyl sites for hydroxylation is 3. The molecule has 11 nitrogen and oxygen atoms in total. The summed E-state index contributed by atoms with van der Waals surface area (Å²) in [7, 11) is 0. The van der Waals surface area contributed by atoms with Crippen molar-refractivity contribution in [3.05, 3.63) is 35.0 Å². The summed E-state index contributed by atoms with van der Waals surface area (Å²) in [6, 6.07) is 5.48. The van der Waals surface area contributed by atoms with Gasteiger partial charge >= 0.3 is 0 Å². The summed E-state index contributed by atoms with van der Waals surface area (Å²) in [5, 5.41) is 26.8. The monoisotopic (exact) mass is 484 g/mol. The molecule has 188 valence electrons. The van der Waals surface area contributed by atoms with Gasteiger partial charge in [-0.05, 0) is 56.0 Å². The lowest BCUT2D eigenvalue weighted by atomic mass is 10.1. The summed E-state index contributed by atoms with van der Waals surface area (Å²) < 4.78 is 11.2. The molecule has 2 heterocycles. The Morgan fingerprint density at radius 2 is 1.80 bits per heavy atom. The van der Waals surface area contributed by atoms with E-state index in [1.54, 1.807) is 6.07 Å². The fourth-order valence-electron chi connectivity index (χ4n) is 3.43. The summed E-state index contributed by atoms with van der Waals surface area (Å²) in [6.07, 6.45) is -2.67. The maximum Gasteiger partial charge on any atom is 0.277 e. The van der Waals surface area contributed by atoms with Crippen molar-refractivity contribution in [3.63, 3.8) is 0 Å². The van der Waals surface area contributed by atoms with Crippen LogP contribution in [0.2, 0.25) is 0 Å². The first-order chi connectivity index (χ1) is 16.5. The second kappa shape index (κ2) is 11.2. The zero-order chi connectivity index (χ0) is 25.7. The van der Waals surface area contributed by atoms with Crippen molar-refractivity contribution in [2.75, 3.05) is 18.5 Å². The molecule has 1 aromatic carbocycles. The summed E-state index contributed by atoms with van der Waals surface area (Å²) in [6.45, 7) is 10.4. The van der Waals surface area contributed by atoms with Gasteiger partial charge in [-0.25, -0.2) is 9.97 Å². The number of nitrogens with two attached hydrogens (primary N) is 1. The number of anilines is 1. The third-order valence-electron chi connectivity index (χ3n) is 5.13. The zero-order valence-corrected chi connectivity index (χ0v) is 20.6. The van der Waals surface area contributed by atoms with Crippen molar-refractivity contribution in [2.24, 2.45) is 11.7 Å². The van der Waals surface area contributed by atoms with Gasteiger partial charge in [-0.3, -0.25) is 4.79 Å². The Morgan fingerprint density at radius 3 is 2.43 bits per heavy atom. The zero-order valence-electron chi connectivity index (χ0n) is 20.6. The first kappa shape index (κ1) is 26.0. The molecule has 0 radical (unpaired) electrons. The average molecular weight is 485 g/mol. The number of aliphatic hydroxyl groups excluding tert-OH is 2. The average Bonchev–Trinajstić information content (AvgIpc) is 3.27. The Bertz CT molecular complexity index is 1160. The number of hydrogen-bond acceptors (Lipinski definition) is 10. The van der Waals surface area contributed by atoms with E-state index in [-0.39, 0.29) is 18.9 Å². The molecule has 0 aliphatic heterocycles. The molecule has 35 heavy (non-hydrogen) atoms. The Kier molecular flexibility index (Phi) is 8.36. The molecular weight excluding hydrogens is 452 g/mol. The van der Waals surface area contributed by atoms with Crippen LogP contribution in [0.3, 0.4) is 0 Å². The van der Waals surface area contributed by atoms with Crippen LogP contribution in [0.25, 0.3) is 23.0 Å². The van der Waals surface area contributed by atoms with Gasteiger partial charge in [-0.15, -0.1) is 0 Å². The van der Waals surface area contributed by atoms with E-state index in [0.717, 1.165) is 28.9 Å². The minimum Gasteiger partial charge on any atom is -0.490 e. The summed E-state index contributed by atoms with van der Waals surface area (Å²) >= 11 is 0. The number of nitrogens with zero attached hydrogens (tertiary/aromatic N) is 4. The Hall–Kier alpha value is -3.57. The summed E-state index contributed by atoms with van der Waals surface area (Å²) in [5.74, 6) is 1.33. The van der Waals surface area contributed by atoms with Crippen molar-refractivity contribution < 1.29 is 24.3 Å². The molecule has 0 bridgehead atoms. The molecule has 0 spiro atoms. The van der Waals surface area contributed by atoms with Crippen molar-refractivity contribution in [3.8, 4) is 28.7 Å². The van der Waals surface area contributed by atoms with E-state index in [1.165, 1.54) is 0 Å². The predicted octanol–water partition coefficient (Wildman–Crippen LogP) is 2.16. The topological polar surface area (TPSA) is 170 Å². The fourth-order valence-corrected chi connectivity index (χ4v) is 3.43. The van der Waals surface area contributed by atoms with Crippen LogP contribution < -0.4 is 15.8 Å². The number of carbonyl (C=O) groups excluding carboxylic acids is 1. The van der Waals surface area contributed by atoms with E-state index < -0.39 is 18.1 Å². The van der Waals surface area contributed by atoms with Crippen molar-refractivity contribution >= 4 is 11.9 Å². The normalized spacial score (nSPS) is 13.0. The number of nitrogens with one attached hydrogen (secondary N) is 1. The molecular formula is C24H32N6O5. The van der Waals surface area contributed by atoms with E-state index in [0.29, 0.717) is 29.1 Å². The second-order valence-electron chi connectivity index (χ2n) is 8.97. The fraction of sp³-hybridized carbons (Fsp3) is 0.458. The maximum atomic E-state index is 11.0. The van der Waals surface area contributed by atoms with E-state index in [4.69, 9.17) is 15.0 Å². The molecule has 5 N–H and O–H groups in total. The number of hydrogen-bond donors (Lipinski definition) is 4. The van der Waals surface area contributed by atoms with Gasteiger partial charge in [0.05, 0.1) is 6.10 Å². The standard InChI is InChI=1S/C24H32N6O5/c1-12(2)10-26-24-27-15(5)8-18(28-24)23-29-22(30-35-23)16-6-13(3)20(14(4)7-16)34-11-17(31)9-19(32)21(25)33/h6-8,12,17,19,31-32H,9-11H2,1-5H3,(H2,25,33)(H,26,27,28)/t17-,19?/m0/s1. The van der Waals surface area contributed by atoms with Gasteiger partial charge in [0, 0.05) is 24.2 Å².